The molecule has 2 aromatic heterocycles. The zero-order chi connectivity index (χ0) is 33.5. The van der Waals surface area contributed by atoms with E-state index >= 15 is 0 Å². The van der Waals surface area contributed by atoms with Gasteiger partial charge >= 0.3 is 0 Å². The van der Waals surface area contributed by atoms with E-state index in [9.17, 15) is 0 Å². The van der Waals surface area contributed by atoms with Gasteiger partial charge in [0.2, 0.25) is 0 Å². The number of hydrogen-bond donors (Lipinski definition) is 0. The molecule has 11 aromatic rings. The van der Waals surface area contributed by atoms with E-state index in [1.54, 1.807) is 0 Å². The minimum Gasteiger partial charge on any atom is -0.308 e. The minimum absolute atomic E-state index is 1.15. The maximum absolute atomic E-state index is 2.54. The topological polar surface area (TPSA) is 3.24 Å². The van der Waals surface area contributed by atoms with Crippen molar-refractivity contribution in [2.24, 2.45) is 0 Å². The van der Waals surface area contributed by atoms with Crippen molar-refractivity contribution in [3.8, 4) is 11.1 Å². The van der Waals surface area contributed by atoms with Crippen molar-refractivity contribution >= 4 is 112 Å². The predicted molar refractivity (Wildman–Crippen MR) is 225 cm³/mol. The molecule has 0 aliphatic heterocycles. The van der Waals surface area contributed by atoms with Gasteiger partial charge in [-0.3, -0.25) is 0 Å². The van der Waals surface area contributed by atoms with Gasteiger partial charge in [0, 0.05) is 46.9 Å². The third kappa shape index (κ3) is 4.39. The molecular formula is C48H29NS2. The molecule has 1 nitrogen and oxygen atoms in total. The number of thiophene rings is 2. The van der Waals surface area contributed by atoms with Crippen LogP contribution in [0.15, 0.2) is 176 Å². The normalized spacial score (nSPS) is 11.9. The van der Waals surface area contributed by atoms with E-state index in [2.05, 4.69) is 181 Å². The Balaban J connectivity index is 1.27. The Kier molecular flexibility index (Phi) is 6.36. The summed E-state index contributed by atoms with van der Waals surface area (Å²) in [6.07, 6.45) is 0. The van der Waals surface area contributed by atoms with E-state index in [-0.39, 0.29) is 0 Å². The van der Waals surface area contributed by atoms with Gasteiger partial charge in [-0.05, 0) is 74.3 Å². The molecule has 0 amide bonds. The van der Waals surface area contributed by atoms with Gasteiger partial charge in [-0.15, -0.1) is 22.7 Å². The zero-order valence-corrected chi connectivity index (χ0v) is 29.1. The van der Waals surface area contributed by atoms with Crippen LogP contribution in [0.2, 0.25) is 0 Å². The van der Waals surface area contributed by atoms with Crippen LogP contribution in [0, 0.1) is 0 Å². The Morgan fingerprint density at radius 1 is 0.333 bits per heavy atom. The standard InChI is InChI=1S/C48H29NS2/c1-3-14-34-30(11-1)13-9-18-36(34)39-27-28-42(46-40-17-6-8-22-45(40)51-48(39)46)49(43-20-10-19-38-37-16-5-7-21-44(37)50-47(38)43)33-26-25-32-24-23-31-12-2-4-15-35(31)41(32)29-33/h1-29H. The van der Waals surface area contributed by atoms with Crippen LogP contribution in [0.1, 0.15) is 0 Å². The molecule has 9 aromatic carbocycles. The van der Waals surface area contributed by atoms with E-state index < -0.39 is 0 Å². The second-order valence-corrected chi connectivity index (χ2v) is 15.3. The molecule has 0 bridgehead atoms. The lowest BCUT2D eigenvalue weighted by atomic mass is 9.95. The Bertz CT molecular complexity index is 3160. The average Bonchev–Trinajstić information content (AvgIpc) is 3.78. The highest BCUT2D eigenvalue weighted by molar-refractivity contribution is 7.27. The molecule has 3 heteroatoms. The van der Waals surface area contributed by atoms with Crippen LogP contribution in [0.25, 0.3) is 83.8 Å². The van der Waals surface area contributed by atoms with Gasteiger partial charge in [0.15, 0.2) is 0 Å². The lowest BCUT2D eigenvalue weighted by molar-refractivity contribution is 1.33. The van der Waals surface area contributed by atoms with Gasteiger partial charge in [0.05, 0.1) is 16.1 Å². The summed E-state index contributed by atoms with van der Waals surface area (Å²) >= 11 is 3.79. The average molecular weight is 684 g/mol. The molecule has 0 fully saturated rings. The minimum atomic E-state index is 1.15. The van der Waals surface area contributed by atoms with E-state index in [0.717, 1.165) is 5.69 Å². The fourth-order valence-corrected chi connectivity index (χ4v) is 10.6. The highest BCUT2D eigenvalue weighted by Gasteiger charge is 2.24. The summed E-state index contributed by atoms with van der Waals surface area (Å²) < 4.78 is 5.21. The molecule has 0 saturated carbocycles. The van der Waals surface area contributed by atoms with Crippen LogP contribution >= 0.6 is 22.7 Å². The van der Waals surface area contributed by atoms with Gasteiger partial charge in [-0.1, -0.05) is 140 Å². The Morgan fingerprint density at radius 2 is 0.922 bits per heavy atom. The molecule has 0 aliphatic carbocycles. The first-order chi connectivity index (χ1) is 25.3. The quantitative estimate of drug-likeness (QED) is 0.167. The number of benzene rings is 9. The molecule has 0 radical (unpaired) electrons. The second-order valence-electron chi connectivity index (χ2n) is 13.2. The van der Waals surface area contributed by atoms with Gasteiger partial charge in [-0.2, -0.15) is 0 Å². The van der Waals surface area contributed by atoms with Crippen molar-refractivity contribution in [2.75, 3.05) is 4.90 Å². The summed E-state index contributed by atoms with van der Waals surface area (Å²) in [5.41, 5.74) is 6.08. The molecule has 0 aliphatic rings. The highest BCUT2D eigenvalue weighted by atomic mass is 32.1. The van der Waals surface area contributed by atoms with Crippen molar-refractivity contribution in [3.05, 3.63) is 176 Å². The van der Waals surface area contributed by atoms with Gasteiger partial charge in [-0.25, -0.2) is 0 Å². The second kappa shape index (κ2) is 11.3. The first kappa shape index (κ1) is 28.8. The highest BCUT2D eigenvalue weighted by Crippen LogP contribution is 2.51. The van der Waals surface area contributed by atoms with Crippen LogP contribution in [0.3, 0.4) is 0 Å². The molecule has 0 saturated heterocycles. The van der Waals surface area contributed by atoms with Crippen molar-refractivity contribution in [1.29, 1.82) is 0 Å². The summed E-state index contributed by atoms with van der Waals surface area (Å²) in [6.45, 7) is 0. The zero-order valence-electron chi connectivity index (χ0n) is 27.5. The number of hydrogen-bond acceptors (Lipinski definition) is 3. The SMILES string of the molecule is c1ccc2c(-c3ccc(N(c4ccc5ccc6ccccc6c5c4)c4cccc5c4sc4ccccc45)c4c3sc3ccccc34)cccc2c1. The molecule has 0 spiro atoms. The van der Waals surface area contributed by atoms with Crippen LogP contribution < -0.4 is 4.90 Å². The van der Waals surface area contributed by atoms with E-state index in [1.807, 2.05) is 22.7 Å². The van der Waals surface area contributed by atoms with Crippen molar-refractivity contribution in [3.63, 3.8) is 0 Å². The van der Waals surface area contributed by atoms with Crippen LogP contribution in [0.4, 0.5) is 17.1 Å². The predicted octanol–water partition coefficient (Wildman–Crippen LogP) is 15.0. The third-order valence-electron chi connectivity index (χ3n) is 10.4. The molecule has 2 heterocycles. The largest absolute Gasteiger partial charge is 0.308 e. The molecule has 11 rings (SSSR count). The summed E-state index contributed by atoms with van der Waals surface area (Å²) in [4.78, 5) is 2.54. The molecule has 51 heavy (non-hydrogen) atoms. The Hall–Kier alpha value is -6.00. The van der Waals surface area contributed by atoms with Gasteiger partial charge in [0.25, 0.3) is 0 Å². The molecule has 0 N–H and O–H groups in total. The third-order valence-corrected chi connectivity index (χ3v) is 12.9. The molecular weight excluding hydrogens is 655 g/mol. The number of nitrogens with zero attached hydrogens (tertiary/aromatic N) is 1. The molecule has 0 atom stereocenters. The monoisotopic (exact) mass is 683 g/mol. The number of rotatable bonds is 4. The van der Waals surface area contributed by atoms with Crippen LogP contribution in [-0.2, 0) is 0 Å². The number of fused-ring (bicyclic) bond motifs is 10. The summed E-state index contributed by atoms with van der Waals surface area (Å²) in [7, 11) is 0. The first-order valence-electron chi connectivity index (χ1n) is 17.3. The van der Waals surface area contributed by atoms with Crippen molar-refractivity contribution < 1.29 is 0 Å². The van der Waals surface area contributed by atoms with Crippen molar-refractivity contribution in [2.45, 2.75) is 0 Å². The summed E-state index contributed by atoms with van der Waals surface area (Å²) in [6, 6.07) is 65.0. The number of anilines is 3. The summed E-state index contributed by atoms with van der Waals surface area (Å²) in [5, 5.41) is 12.7. The van der Waals surface area contributed by atoms with E-state index in [0.29, 0.717) is 0 Å². The van der Waals surface area contributed by atoms with E-state index in [1.165, 1.54) is 95.2 Å². The van der Waals surface area contributed by atoms with Crippen LogP contribution in [0.5, 0.6) is 0 Å². The lowest BCUT2D eigenvalue weighted by Crippen LogP contribution is -2.10. The fraction of sp³-hybridized carbons (Fsp3) is 0. The van der Waals surface area contributed by atoms with Gasteiger partial charge in [0.1, 0.15) is 0 Å². The van der Waals surface area contributed by atoms with Crippen LogP contribution in [-0.4, -0.2) is 0 Å². The van der Waals surface area contributed by atoms with Crippen molar-refractivity contribution in [1.82, 2.24) is 0 Å². The maximum atomic E-state index is 2.54. The first-order valence-corrected chi connectivity index (χ1v) is 19.0. The van der Waals surface area contributed by atoms with Gasteiger partial charge < -0.3 is 4.90 Å². The Labute approximate surface area is 302 Å². The lowest BCUT2D eigenvalue weighted by Gasteiger charge is -2.28. The smallest absolute Gasteiger partial charge is 0.0640 e. The summed E-state index contributed by atoms with van der Waals surface area (Å²) in [5.74, 6) is 0. The molecule has 238 valence electrons. The Morgan fingerprint density at radius 3 is 1.76 bits per heavy atom. The maximum Gasteiger partial charge on any atom is 0.0640 e. The van der Waals surface area contributed by atoms with E-state index in [4.69, 9.17) is 0 Å². The fourth-order valence-electron chi connectivity index (χ4n) is 8.11. The molecule has 0 unspecified atom stereocenters.